The van der Waals surface area contributed by atoms with Gasteiger partial charge in [-0.2, -0.15) is 5.26 Å². The predicted octanol–water partition coefficient (Wildman–Crippen LogP) is 2.13. The van der Waals surface area contributed by atoms with Crippen molar-refractivity contribution in [3.8, 4) is 6.07 Å². The second kappa shape index (κ2) is 8.19. The number of fused-ring (bicyclic) bond motifs is 1. The lowest BCUT2D eigenvalue weighted by Gasteiger charge is -2.16. The van der Waals surface area contributed by atoms with Gasteiger partial charge >= 0.3 is 5.69 Å². The van der Waals surface area contributed by atoms with Crippen LogP contribution in [-0.2, 0) is 25.1 Å². The van der Waals surface area contributed by atoms with Crippen molar-refractivity contribution in [2.24, 2.45) is 7.05 Å². The highest BCUT2D eigenvalue weighted by atomic mass is 28.3. The summed E-state index contributed by atoms with van der Waals surface area (Å²) in [7, 11) is 0.203. The molecule has 0 fully saturated rings. The van der Waals surface area contributed by atoms with E-state index in [-0.39, 0.29) is 6.73 Å². The topological polar surface area (TPSA) is 94.8 Å². The van der Waals surface area contributed by atoms with Crippen molar-refractivity contribution in [1.82, 2.24) is 18.7 Å². The lowest BCUT2D eigenvalue weighted by Crippen LogP contribution is -2.39. The summed E-state index contributed by atoms with van der Waals surface area (Å²) in [5.74, 6) is 0. The highest BCUT2D eigenvalue weighted by Crippen LogP contribution is 2.14. The second-order valence-corrected chi connectivity index (χ2v) is 13.9. The third-order valence-corrected chi connectivity index (χ3v) is 6.50. The fourth-order valence-corrected chi connectivity index (χ4v) is 3.78. The summed E-state index contributed by atoms with van der Waals surface area (Å²) in [5, 5.41) is 9.32. The summed E-state index contributed by atoms with van der Waals surface area (Å²) < 4.78 is 9.86. The zero-order valence-electron chi connectivity index (χ0n) is 17.2. The van der Waals surface area contributed by atoms with E-state index in [4.69, 9.17) is 4.74 Å². The van der Waals surface area contributed by atoms with E-state index >= 15 is 0 Å². The minimum Gasteiger partial charge on any atom is -0.361 e. The Morgan fingerprint density at radius 3 is 2.62 bits per heavy atom. The van der Waals surface area contributed by atoms with Gasteiger partial charge < -0.3 is 9.30 Å². The summed E-state index contributed by atoms with van der Waals surface area (Å²) in [6.07, 6.45) is 1.53. The number of hydrogen-bond donors (Lipinski definition) is 0. The van der Waals surface area contributed by atoms with Gasteiger partial charge in [-0.1, -0.05) is 37.8 Å². The van der Waals surface area contributed by atoms with Gasteiger partial charge in [0.1, 0.15) is 6.73 Å². The maximum atomic E-state index is 12.8. The average molecular weight is 412 g/mol. The first-order chi connectivity index (χ1) is 13.7. The van der Waals surface area contributed by atoms with Gasteiger partial charge in [-0.3, -0.25) is 13.9 Å². The Morgan fingerprint density at radius 1 is 1.21 bits per heavy atom. The fourth-order valence-electron chi connectivity index (χ4n) is 3.03. The Bertz CT molecular complexity index is 1190. The van der Waals surface area contributed by atoms with Gasteiger partial charge in [0, 0.05) is 21.7 Å². The number of ether oxygens (including phenoxy) is 1. The summed E-state index contributed by atoms with van der Waals surface area (Å²) >= 11 is 0. The van der Waals surface area contributed by atoms with Crippen molar-refractivity contribution in [3.05, 3.63) is 62.6 Å². The molecule has 3 rings (SSSR count). The molecule has 1 aromatic carbocycles. The second-order valence-electron chi connectivity index (χ2n) is 8.24. The lowest BCUT2D eigenvalue weighted by molar-refractivity contribution is 0.0857. The van der Waals surface area contributed by atoms with Crippen LogP contribution >= 0.6 is 0 Å². The first-order valence-corrected chi connectivity index (χ1v) is 13.1. The van der Waals surface area contributed by atoms with Crippen LogP contribution in [0.3, 0.4) is 0 Å². The van der Waals surface area contributed by atoms with Crippen molar-refractivity contribution in [3.63, 3.8) is 0 Å². The monoisotopic (exact) mass is 411 g/mol. The van der Waals surface area contributed by atoms with E-state index in [1.807, 2.05) is 12.1 Å². The van der Waals surface area contributed by atoms with Crippen molar-refractivity contribution in [2.45, 2.75) is 39.0 Å². The molecule has 0 bridgehead atoms. The summed E-state index contributed by atoms with van der Waals surface area (Å²) in [4.78, 5) is 29.7. The standard InChI is InChI=1S/C20H25N5O3Si/c1-23-19(26)17-18(25(20(23)27)14-28-9-10-29(2,3)4)22-13-24(17)12-16-8-6-5-7-15(16)11-21/h5-8,13H,9-10,12,14H2,1-4H3. The lowest BCUT2D eigenvalue weighted by atomic mass is 10.1. The zero-order valence-corrected chi connectivity index (χ0v) is 18.2. The van der Waals surface area contributed by atoms with Crippen LogP contribution in [0.15, 0.2) is 40.2 Å². The molecule has 0 saturated carbocycles. The summed E-state index contributed by atoms with van der Waals surface area (Å²) in [5.41, 5.74) is 1.04. The normalized spacial score (nSPS) is 11.7. The van der Waals surface area contributed by atoms with Crippen molar-refractivity contribution < 1.29 is 4.74 Å². The van der Waals surface area contributed by atoms with Gasteiger partial charge in [-0.05, 0) is 17.7 Å². The highest BCUT2D eigenvalue weighted by molar-refractivity contribution is 6.76. The number of benzene rings is 1. The molecule has 8 nitrogen and oxygen atoms in total. The van der Waals surface area contributed by atoms with E-state index in [9.17, 15) is 14.9 Å². The number of aromatic nitrogens is 4. The number of nitriles is 1. The number of imidazole rings is 1. The number of hydrogen-bond acceptors (Lipinski definition) is 5. The molecule has 0 aliphatic carbocycles. The van der Waals surface area contributed by atoms with Crippen LogP contribution in [0.2, 0.25) is 25.7 Å². The average Bonchev–Trinajstić information content (AvgIpc) is 3.08. The minimum absolute atomic E-state index is 0.0414. The van der Waals surface area contributed by atoms with Gasteiger partial charge in [0.15, 0.2) is 11.2 Å². The molecule has 0 aliphatic heterocycles. The largest absolute Gasteiger partial charge is 0.361 e. The molecule has 0 radical (unpaired) electrons. The Labute approximate surface area is 169 Å². The minimum atomic E-state index is -1.24. The molecule has 0 unspecified atom stereocenters. The first kappa shape index (κ1) is 20.8. The third kappa shape index (κ3) is 4.39. The molecule has 0 spiro atoms. The zero-order chi connectivity index (χ0) is 21.2. The third-order valence-electron chi connectivity index (χ3n) is 4.79. The van der Waals surface area contributed by atoms with Gasteiger partial charge in [0.05, 0.1) is 24.5 Å². The van der Waals surface area contributed by atoms with Crippen LogP contribution in [0, 0.1) is 11.3 Å². The van der Waals surface area contributed by atoms with Crippen LogP contribution in [0.25, 0.3) is 11.2 Å². The quantitative estimate of drug-likeness (QED) is 0.438. The summed E-state index contributed by atoms with van der Waals surface area (Å²) in [6, 6.07) is 10.3. The Morgan fingerprint density at radius 2 is 1.93 bits per heavy atom. The van der Waals surface area contributed by atoms with Gasteiger partial charge in [-0.15, -0.1) is 0 Å². The van der Waals surface area contributed by atoms with Crippen molar-refractivity contribution >= 4 is 19.2 Å². The molecule has 0 atom stereocenters. The molecule has 0 N–H and O–H groups in total. The molecule has 0 amide bonds. The summed E-state index contributed by atoms with van der Waals surface area (Å²) in [6.45, 7) is 7.68. The van der Waals surface area contributed by atoms with Crippen LogP contribution in [0.4, 0.5) is 0 Å². The van der Waals surface area contributed by atoms with Crippen LogP contribution in [0.5, 0.6) is 0 Å². The van der Waals surface area contributed by atoms with E-state index in [0.717, 1.165) is 16.2 Å². The Hall–Kier alpha value is -2.96. The molecule has 9 heteroatoms. The van der Waals surface area contributed by atoms with E-state index in [0.29, 0.717) is 29.9 Å². The van der Waals surface area contributed by atoms with E-state index in [2.05, 4.69) is 30.7 Å². The smallest absolute Gasteiger partial charge is 0.334 e. The maximum absolute atomic E-state index is 12.8. The number of nitrogens with zero attached hydrogens (tertiary/aromatic N) is 5. The Kier molecular flexibility index (Phi) is 5.86. The van der Waals surface area contributed by atoms with Gasteiger partial charge in [-0.25, -0.2) is 9.78 Å². The molecule has 152 valence electrons. The van der Waals surface area contributed by atoms with E-state index in [1.54, 1.807) is 16.7 Å². The Balaban J connectivity index is 1.99. The van der Waals surface area contributed by atoms with Gasteiger partial charge in [0.25, 0.3) is 5.56 Å². The fraction of sp³-hybridized carbons (Fsp3) is 0.400. The van der Waals surface area contributed by atoms with Crippen LogP contribution in [-0.4, -0.2) is 33.4 Å². The molecule has 2 heterocycles. The predicted molar refractivity (Wildman–Crippen MR) is 114 cm³/mol. The first-order valence-electron chi connectivity index (χ1n) is 9.43. The molecule has 3 aromatic rings. The highest BCUT2D eigenvalue weighted by Gasteiger charge is 2.18. The SMILES string of the molecule is Cn1c(=O)c2c(ncn2Cc2ccccc2C#N)n(COCC[Si](C)(C)C)c1=O. The molecular formula is C20H25N5O3Si. The molecule has 29 heavy (non-hydrogen) atoms. The molecular weight excluding hydrogens is 386 g/mol. The van der Waals surface area contributed by atoms with Crippen molar-refractivity contribution in [2.75, 3.05) is 6.61 Å². The van der Waals surface area contributed by atoms with E-state index in [1.165, 1.54) is 17.9 Å². The van der Waals surface area contributed by atoms with Gasteiger partial charge in [0.2, 0.25) is 0 Å². The van der Waals surface area contributed by atoms with Crippen molar-refractivity contribution in [1.29, 1.82) is 5.26 Å². The number of rotatable bonds is 7. The molecule has 0 saturated heterocycles. The van der Waals surface area contributed by atoms with Crippen LogP contribution < -0.4 is 11.2 Å². The maximum Gasteiger partial charge on any atom is 0.334 e. The molecule has 2 aromatic heterocycles. The van der Waals surface area contributed by atoms with Crippen LogP contribution in [0.1, 0.15) is 11.1 Å². The van der Waals surface area contributed by atoms with E-state index < -0.39 is 19.3 Å². The molecule has 0 aliphatic rings.